The van der Waals surface area contributed by atoms with Crippen LogP contribution < -0.4 is 10.2 Å². The van der Waals surface area contributed by atoms with Crippen molar-refractivity contribution in [3.05, 3.63) is 95.1 Å². The highest BCUT2D eigenvalue weighted by atomic mass is 16.5. The first-order chi connectivity index (χ1) is 23.1. The molecule has 2 aliphatic heterocycles. The van der Waals surface area contributed by atoms with Gasteiger partial charge in [0.25, 0.3) is 5.91 Å². The Kier molecular flexibility index (Phi) is 5.17. The summed E-state index contributed by atoms with van der Waals surface area (Å²) in [6.07, 6.45) is 0.232. The highest BCUT2D eigenvalue weighted by molar-refractivity contribution is 6.37. The zero-order valence-corrected chi connectivity index (χ0v) is 22.1. The first kappa shape index (κ1) is 17.4. The van der Waals surface area contributed by atoms with Gasteiger partial charge in [-0.25, -0.2) is 4.79 Å². The third-order valence-corrected chi connectivity index (χ3v) is 6.48. The van der Waals surface area contributed by atoms with Crippen molar-refractivity contribution in [2.24, 2.45) is 0 Å². The van der Waals surface area contributed by atoms with Gasteiger partial charge in [0.1, 0.15) is 0 Å². The number of hydrogen-bond donors (Lipinski definition) is 1. The second kappa shape index (κ2) is 11.9. The summed E-state index contributed by atoms with van der Waals surface area (Å²) in [4.78, 5) is 39.8. The molecular weight excluding hydrogens is 504 g/mol. The molecule has 0 aliphatic carbocycles. The second-order valence-corrected chi connectivity index (χ2v) is 9.09. The summed E-state index contributed by atoms with van der Waals surface area (Å²) in [6, 6.07) is 20.2. The monoisotopic (exact) mass is 548 g/mol. The van der Waals surface area contributed by atoms with Gasteiger partial charge in [0.2, 0.25) is 5.91 Å². The van der Waals surface area contributed by atoms with Gasteiger partial charge in [0.05, 0.1) is 27.5 Å². The average Bonchev–Trinajstić information content (AvgIpc) is 3.39. The summed E-state index contributed by atoms with van der Waals surface area (Å²) in [5.41, 5.74) is 3.91. The molecule has 0 radical (unpaired) electrons. The van der Waals surface area contributed by atoms with Crippen LogP contribution in [0.15, 0.2) is 72.8 Å². The zero-order valence-electron chi connectivity index (χ0n) is 32.1. The van der Waals surface area contributed by atoms with Gasteiger partial charge in [0.15, 0.2) is 0 Å². The standard InChI is InChI=1S/C32H34N4O4/c1-34-15-17-36(18-16-34)21-29(37)35(2)25-12-9-22(10-13-25)19-27(23-7-5-4-6-8-23)30-26-14-11-24(32(39)40-3)20-28(26)33-31(30)38/h4-14,20H,15-19,21H2,1-3H3,(H,33,38)/b30-27+/i15D2,16D2,17D2,18D2,21D2. The maximum atomic E-state index is 13.6. The van der Waals surface area contributed by atoms with Crippen LogP contribution in [-0.2, 0) is 20.7 Å². The highest BCUT2D eigenvalue weighted by Crippen LogP contribution is 2.39. The summed E-state index contributed by atoms with van der Waals surface area (Å²) >= 11 is 0. The second-order valence-electron chi connectivity index (χ2n) is 9.09. The average molecular weight is 549 g/mol. The highest BCUT2D eigenvalue weighted by Gasteiger charge is 2.29. The molecule has 0 spiro atoms. The summed E-state index contributed by atoms with van der Waals surface area (Å²) in [6.45, 7) is -17.1. The SMILES string of the molecule is [2H]C([2H])(C(=O)N(C)c1ccc(C/C(=C2\C(=O)Nc3cc(C(=O)OC)ccc32)c2ccccc2)cc1)N1C([2H])([2H])C([2H])([2H])N(C)C([2H])([2H])C1([2H])[2H]. The maximum Gasteiger partial charge on any atom is 0.337 e. The van der Waals surface area contributed by atoms with E-state index in [1.54, 1.807) is 24.3 Å². The first-order valence-electron chi connectivity index (χ1n) is 17.4. The Morgan fingerprint density at radius 1 is 1.00 bits per heavy atom. The number of likely N-dealkylation sites (N-methyl/N-ethyl adjacent to an activating group) is 2. The number of allylic oxidation sites excluding steroid dienone is 1. The van der Waals surface area contributed by atoms with Gasteiger partial charge in [-0.3, -0.25) is 14.5 Å². The summed E-state index contributed by atoms with van der Waals surface area (Å²) in [5.74, 6) is -2.39. The van der Waals surface area contributed by atoms with Crippen LogP contribution in [0.4, 0.5) is 11.4 Å². The van der Waals surface area contributed by atoms with E-state index < -0.39 is 44.4 Å². The number of carbonyl (C=O) groups is 3. The molecule has 40 heavy (non-hydrogen) atoms. The van der Waals surface area contributed by atoms with Crippen molar-refractivity contribution in [1.29, 1.82) is 0 Å². The minimum Gasteiger partial charge on any atom is -0.465 e. The maximum absolute atomic E-state index is 13.6. The number of anilines is 2. The van der Waals surface area contributed by atoms with Crippen molar-refractivity contribution in [3.63, 3.8) is 0 Å². The lowest BCUT2D eigenvalue weighted by atomic mass is 9.90. The molecule has 8 nitrogen and oxygen atoms in total. The van der Waals surface area contributed by atoms with Gasteiger partial charge in [-0.2, -0.15) is 0 Å². The number of esters is 1. The number of nitrogens with one attached hydrogen (secondary N) is 1. The lowest BCUT2D eigenvalue weighted by molar-refractivity contribution is -0.119. The molecule has 3 aromatic carbocycles. The number of piperazine rings is 1. The van der Waals surface area contributed by atoms with E-state index in [1.165, 1.54) is 32.4 Å². The van der Waals surface area contributed by atoms with E-state index in [4.69, 9.17) is 18.4 Å². The van der Waals surface area contributed by atoms with Gasteiger partial charge in [-0.05, 0) is 54.4 Å². The molecule has 5 rings (SSSR count). The molecule has 0 atom stereocenters. The predicted molar refractivity (Wildman–Crippen MR) is 157 cm³/mol. The van der Waals surface area contributed by atoms with Crippen LogP contribution in [0.1, 0.15) is 40.8 Å². The lowest BCUT2D eigenvalue weighted by Gasteiger charge is -2.32. The van der Waals surface area contributed by atoms with Crippen molar-refractivity contribution >= 4 is 40.3 Å². The minimum absolute atomic E-state index is 0.122. The molecule has 1 N–H and O–H groups in total. The fourth-order valence-corrected chi connectivity index (χ4v) is 4.38. The number of benzene rings is 3. The molecule has 8 heteroatoms. The fraction of sp³-hybridized carbons (Fsp3) is 0.281. The van der Waals surface area contributed by atoms with Gasteiger partial charge in [-0.1, -0.05) is 48.5 Å². The molecule has 2 heterocycles. The largest absolute Gasteiger partial charge is 0.465 e. The number of fused-ring (bicyclic) bond motifs is 1. The van der Waals surface area contributed by atoms with Crippen molar-refractivity contribution in [3.8, 4) is 0 Å². The Hall–Kier alpha value is -4.27. The van der Waals surface area contributed by atoms with Crippen LogP contribution in [0.3, 0.4) is 0 Å². The van der Waals surface area contributed by atoms with Gasteiger partial charge < -0.3 is 19.9 Å². The number of ether oxygens (including phenoxy) is 1. The van der Waals surface area contributed by atoms with Gasteiger partial charge in [0, 0.05) is 60.9 Å². The molecule has 0 unspecified atom stereocenters. The van der Waals surface area contributed by atoms with Crippen molar-refractivity contribution < 1.29 is 32.8 Å². The normalized spacial score (nSPS) is 25.8. The molecule has 0 saturated carbocycles. The van der Waals surface area contributed by atoms with Crippen LogP contribution in [-0.4, -0.2) is 81.3 Å². The smallest absolute Gasteiger partial charge is 0.337 e. The lowest BCUT2D eigenvalue weighted by Crippen LogP contribution is -2.48. The van der Waals surface area contributed by atoms with Crippen LogP contribution in [0.2, 0.25) is 0 Å². The van der Waals surface area contributed by atoms with Crippen LogP contribution in [0, 0.1) is 0 Å². The molecule has 2 amide bonds. The molecule has 3 aromatic rings. The van der Waals surface area contributed by atoms with Crippen molar-refractivity contribution in [1.82, 2.24) is 9.80 Å². The number of nitrogens with zero attached hydrogens (tertiary/aromatic N) is 3. The van der Waals surface area contributed by atoms with E-state index in [1.807, 2.05) is 30.3 Å². The molecular formula is C32H34N4O4. The number of methoxy groups -OCH3 is 1. The van der Waals surface area contributed by atoms with E-state index >= 15 is 0 Å². The zero-order chi connectivity index (χ0) is 37.2. The van der Waals surface area contributed by atoms with E-state index in [0.29, 0.717) is 28.0 Å². The minimum atomic E-state index is -3.57. The molecule has 206 valence electrons. The van der Waals surface area contributed by atoms with E-state index in [-0.39, 0.29) is 33.4 Å². The summed E-state index contributed by atoms with van der Waals surface area (Å²) in [5, 5.41) is 2.81. The van der Waals surface area contributed by atoms with Gasteiger partial charge >= 0.3 is 5.97 Å². The molecule has 1 saturated heterocycles. The number of hydrogen-bond acceptors (Lipinski definition) is 6. The van der Waals surface area contributed by atoms with Crippen LogP contribution in [0.5, 0.6) is 0 Å². The summed E-state index contributed by atoms with van der Waals surface area (Å²) in [7, 11) is 3.28. The number of carbonyl (C=O) groups excluding carboxylic acids is 3. The molecule has 2 aliphatic rings. The van der Waals surface area contributed by atoms with E-state index in [2.05, 4.69) is 5.32 Å². The Balaban J connectivity index is 1.48. The predicted octanol–water partition coefficient (Wildman–Crippen LogP) is 3.79. The Labute approximate surface area is 248 Å². The molecule has 0 aromatic heterocycles. The summed E-state index contributed by atoms with van der Waals surface area (Å²) < 4.78 is 88.3. The topological polar surface area (TPSA) is 82.2 Å². The van der Waals surface area contributed by atoms with Crippen LogP contribution >= 0.6 is 0 Å². The van der Waals surface area contributed by atoms with E-state index in [9.17, 15) is 14.4 Å². The van der Waals surface area contributed by atoms with Gasteiger partial charge in [-0.15, -0.1) is 0 Å². The fourth-order valence-electron chi connectivity index (χ4n) is 4.38. The van der Waals surface area contributed by atoms with Crippen LogP contribution in [0.25, 0.3) is 11.1 Å². The quantitative estimate of drug-likeness (QED) is 0.358. The number of rotatable bonds is 7. The Morgan fingerprint density at radius 3 is 2.38 bits per heavy atom. The first-order valence-corrected chi connectivity index (χ1v) is 12.4. The van der Waals surface area contributed by atoms with Crippen molar-refractivity contribution in [2.75, 3.05) is 63.9 Å². The third-order valence-electron chi connectivity index (χ3n) is 6.48. The van der Waals surface area contributed by atoms with E-state index in [0.717, 1.165) is 17.5 Å². The molecule has 0 bridgehead atoms. The van der Waals surface area contributed by atoms with Crippen molar-refractivity contribution in [2.45, 2.75) is 6.42 Å². The third kappa shape index (κ3) is 5.83. The Bertz CT molecular complexity index is 1860. The molecule has 1 fully saturated rings. The Morgan fingerprint density at radius 2 is 1.70 bits per heavy atom. The number of amides is 2.